The molecule has 3 N–H and O–H groups in total. The lowest BCUT2D eigenvalue weighted by Gasteiger charge is -2.09. The molecule has 1 aromatic carbocycles. The third kappa shape index (κ3) is 4.44. The predicted molar refractivity (Wildman–Crippen MR) is 67.6 cm³/mol. The Hall–Kier alpha value is -1.44. The van der Waals surface area contributed by atoms with Crippen molar-refractivity contribution in [2.45, 2.75) is 24.8 Å². The zero-order valence-corrected chi connectivity index (χ0v) is 11.0. The minimum Gasteiger partial charge on any atom is -0.392 e. The number of aliphatic hydroxyl groups is 1. The summed E-state index contributed by atoms with van der Waals surface area (Å²) < 4.78 is 25.8. The minimum absolute atomic E-state index is 0.0459. The topological polar surface area (TPSA) is 95.5 Å². The van der Waals surface area contributed by atoms with E-state index >= 15 is 0 Å². The van der Waals surface area contributed by atoms with E-state index in [-0.39, 0.29) is 17.3 Å². The molecule has 1 rings (SSSR count). The third-order valence-corrected chi connectivity index (χ3v) is 3.49. The molecule has 0 aromatic heterocycles. The van der Waals surface area contributed by atoms with Gasteiger partial charge in [-0.1, -0.05) is 0 Å². The monoisotopic (exact) mass is 272 g/mol. The summed E-state index contributed by atoms with van der Waals surface area (Å²) in [5.74, 6) is -0.224. The molecule has 1 amide bonds. The van der Waals surface area contributed by atoms with Gasteiger partial charge in [0.15, 0.2) is 0 Å². The highest BCUT2D eigenvalue weighted by molar-refractivity contribution is 7.89. The molecular formula is C11H16N2O4S. The van der Waals surface area contributed by atoms with Crippen LogP contribution in [-0.4, -0.2) is 32.1 Å². The Kier molecular flexibility index (Phi) is 4.83. The van der Waals surface area contributed by atoms with Crippen molar-refractivity contribution < 1.29 is 18.3 Å². The summed E-state index contributed by atoms with van der Waals surface area (Å²) in [4.78, 5) is 10.9. The predicted octanol–water partition coefficient (Wildman–Crippen LogP) is 0.304. The molecule has 0 saturated heterocycles. The van der Waals surface area contributed by atoms with Crippen molar-refractivity contribution in [1.82, 2.24) is 4.72 Å². The fourth-order valence-corrected chi connectivity index (χ4v) is 2.36. The van der Waals surface area contributed by atoms with Crippen molar-refractivity contribution in [2.24, 2.45) is 0 Å². The van der Waals surface area contributed by atoms with Crippen LogP contribution >= 0.6 is 0 Å². The van der Waals surface area contributed by atoms with E-state index in [1.807, 2.05) is 0 Å². The van der Waals surface area contributed by atoms with Crippen LogP contribution in [0.1, 0.15) is 13.8 Å². The molecule has 0 saturated carbocycles. The highest BCUT2D eigenvalue weighted by Gasteiger charge is 2.14. The van der Waals surface area contributed by atoms with E-state index < -0.39 is 16.1 Å². The highest BCUT2D eigenvalue weighted by atomic mass is 32.2. The Morgan fingerprint density at radius 3 is 2.33 bits per heavy atom. The molecule has 0 fully saturated rings. The first kappa shape index (κ1) is 14.6. The van der Waals surface area contributed by atoms with Crippen LogP contribution in [0.15, 0.2) is 29.2 Å². The number of amides is 1. The van der Waals surface area contributed by atoms with Crippen LogP contribution in [-0.2, 0) is 14.8 Å². The molecule has 6 nitrogen and oxygen atoms in total. The van der Waals surface area contributed by atoms with E-state index in [0.717, 1.165) is 0 Å². The fraction of sp³-hybridized carbons (Fsp3) is 0.364. The van der Waals surface area contributed by atoms with E-state index in [4.69, 9.17) is 5.11 Å². The third-order valence-electron chi connectivity index (χ3n) is 2.05. The number of aliphatic hydroxyl groups excluding tert-OH is 1. The van der Waals surface area contributed by atoms with Crippen LogP contribution in [0.5, 0.6) is 0 Å². The molecule has 1 aromatic rings. The zero-order chi connectivity index (χ0) is 13.8. The second-order valence-corrected chi connectivity index (χ2v) is 5.67. The van der Waals surface area contributed by atoms with Crippen LogP contribution in [0.4, 0.5) is 5.69 Å². The number of nitrogens with one attached hydrogen (secondary N) is 2. The zero-order valence-electron chi connectivity index (χ0n) is 10.2. The summed E-state index contributed by atoms with van der Waals surface area (Å²) in [5, 5.41) is 11.6. The summed E-state index contributed by atoms with van der Waals surface area (Å²) in [7, 11) is -3.62. The number of hydrogen-bond donors (Lipinski definition) is 3. The van der Waals surface area contributed by atoms with Gasteiger partial charge in [0.1, 0.15) is 0 Å². The van der Waals surface area contributed by atoms with Gasteiger partial charge in [-0.15, -0.1) is 0 Å². The van der Waals surface area contributed by atoms with Crippen molar-refractivity contribution in [3.8, 4) is 0 Å². The van der Waals surface area contributed by atoms with E-state index in [1.165, 1.54) is 38.1 Å². The van der Waals surface area contributed by atoms with Gasteiger partial charge in [-0.3, -0.25) is 4.79 Å². The van der Waals surface area contributed by atoms with E-state index in [2.05, 4.69) is 10.0 Å². The van der Waals surface area contributed by atoms with Gasteiger partial charge in [0.25, 0.3) is 0 Å². The first-order valence-corrected chi connectivity index (χ1v) is 6.85. The normalized spacial score (nSPS) is 13.1. The largest absolute Gasteiger partial charge is 0.392 e. The molecule has 0 aliphatic rings. The summed E-state index contributed by atoms with van der Waals surface area (Å²) in [5.41, 5.74) is 0.525. The van der Waals surface area contributed by atoms with Gasteiger partial charge in [0.05, 0.1) is 11.0 Å². The number of carbonyl (C=O) groups is 1. The summed E-state index contributed by atoms with van der Waals surface area (Å²) in [6.45, 7) is 2.81. The summed E-state index contributed by atoms with van der Waals surface area (Å²) in [6.07, 6.45) is -0.751. The maximum absolute atomic E-state index is 11.8. The second-order valence-electron chi connectivity index (χ2n) is 3.91. The maximum Gasteiger partial charge on any atom is 0.240 e. The second kappa shape index (κ2) is 5.94. The molecule has 0 bridgehead atoms. The average molecular weight is 272 g/mol. The molecule has 0 heterocycles. The van der Waals surface area contributed by atoms with Crippen molar-refractivity contribution >= 4 is 21.6 Å². The fourth-order valence-electron chi connectivity index (χ4n) is 1.23. The lowest BCUT2D eigenvalue weighted by atomic mass is 10.3. The van der Waals surface area contributed by atoms with Crippen molar-refractivity contribution in [1.29, 1.82) is 0 Å². The van der Waals surface area contributed by atoms with Crippen LogP contribution in [0.25, 0.3) is 0 Å². The smallest absolute Gasteiger partial charge is 0.240 e. The molecule has 1 atom stereocenters. The van der Waals surface area contributed by atoms with Crippen LogP contribution in [0, 0.1) is 0 Å². The summed E-state index contributed by atoms with van der Waals surface area (Å²) >= 11 is 0. The summed E-state index contributed by atoms with van der Waals surface area (Å²) in [6, 6.07) is 5.77. The Morgan fingerprint density at radius 2 is 1.89 bits per heavy atom. The number of hydrogen-bond acceptors (Lipinski definition) is 4. The molecule has 7 heteroatoms. The average Bonchev–Trinajstić information content (AvgIpc) is 2.26. The number of anilines is 1. The van der Waals surface area contributed by atoms with Crippen LogP contribution in [0.2, 0.25) is 0 Å². The van der Waals surface area contributed by atoms with Crippen molar-refractivity contribution in [3.63, 3.8) is 0 Å². The van der Waals surface area contributed by atoms with Crippen LogP contribution < -0.4 is 10.0 Å². The van der Waals surface area contributed by atoms with Crippen molar-refractivity contribution in [2.75, 3.05) is 11.9 Å². The number of carbonyl (C=O) groups excluding carboxylic acids is 1. The molecule has 100 valence electrons. The molecule has 18 heavy (non-hydrogen) atoms. The Balaban J connectivity index is 2.81. The van der Waals surface area contributed by atoms with E-state index in [9.17, 15) is 13.2 Å². The van der Waals surface area contributed by atoms with Gasteiger partial charge in [-0.2, -0.15) is 0 Å². The van der Waals surface area contributed by atoms with Crippen molar-refractivity contribution in [3.05, 3.63) is 24.3 Å². The Morgan fingerprint density at radius 1 is 1.33 bits per heavy atom. The van der Waals surface area contributed by atoms with Crippen LogP contribution in [0.3, 0.4) is 0 Å². The van der Waals surface area contributed by atoms with Gasteiger partial charge in [-0.05, 0) is 31.2 Å². The quantitative estimate of drug-likeness (QED) is 0.718. The lowest BCUT2D eigenvalue weighted by molar-refractivity contribution is -0.114. The molecular weight excluding hydrogens is 256 g/mol. The minimum atomic E-state index is -3.62. The number of sulfonamides is 1. The first-order valence-electron chi connectivity index (χ1n) is 5.36. The Bertz CT molecular complexity index is 508. The SMILES string of the molecule is CC(=O)Nc1ccc(S(=O)(=O)NC[C@H](C)O)cc1. The van der Waals surface area contributed by atoms with Gasteiger partial charge in [-0.25, -0.2) is 13.1 Å². The first-order chi connectivity index (χ1) is 8.31. The molecule has 0 radical (unpaired) electrons. The van der Waals surface area contributed by atoms with E-state index in [1.54, 1.807) is 0 Å². The molecule has 0 unspecified atom stereocenters. The number of rotatable bonds is 5. The lowest BCUT2D eigenvalue weighted by Crippen LogP contribution is -2.30. The number of benzene rings is 1. The Labute approximate surface area is 106 Å². The molecule has 0 spiro atoms. The van der Waals surface area contributed by atoms with Gasteiger partial charge >= 0.3 is 0 Å². The van der Waals surface area contributed by atoms with E-state index in [0.29, 0.717) is 5.69 Å². The maximum atomic E-state index is 11.8. The van der Waals surface area contributed by atoms with Gasteiger partial charge in [0, 0.05) is 19.2 Å². The highest BCUT2D eigenvalue weighted by Crippen LogP contribution is 2.13. The van der Waals surface area contributed by atoms with Gasteiger partial charge < -0.3 is 10.4 Å². The molecule has 0 aliphatic heterocycles. The molecule has 0 aliphatic carbocycles. The standard InChI is InChI=1S/C11H16N2O4S/c1-8(14)7-12-18(16,17)11-5-3-10(4-6-11)13-9(2)15/h3-6,8,12,14H,7H2,1-2H3,(H,13,15)/t8-/m0/s1. The van der Waals surface area contributed by atoms with Gasteiger partial charge in [0.2, 0.25) is 15.9 Å².